The van der Waals surface area contributed by atoms with Gasteiger partial charge < -0.3 is 19.8 Å². The van der Waals surface area contributed by atoms with Crippen molar-refractivity contribution >= 4 is 40.8 Å². The maximum atomic E-state index is 13.3. The van der Waals surface area contributed by atoms with Crippen LogP contribution in [0.3, 0.4) is 0 Å². The van der Waals surface area contributed by atoms with E-state index in [1.807, 2.05) is 6.07 Å². The summed E-state index contributed by atoms with van der Waals surface area (Å²) in [6, 6.07) is 2.58. The lowest BCUT2D eigenvalue weighted by Gasteiger charge is -2.34. The SMILES string of the molecule is CC(C)c1csc(CCc2ccn3c(=O)c(C=CC(=O)O)c(N4CCOCC4C(=O)O)nc3c2)n1. The third-order valence-electron chi connectivity index (χ3n) is 5.78. The van der Waals surface area contributed by atoms with E-state index in [2.05, 4.69) is 29.2 Å². The van der Waals surface area contributed by atoms with Gasteiger partial charge in [-0.15, -0.1) is 11.3 Å². The zero-order valence-electron chi connectivity index (χ0n) is 19.4. The van der Waals surface area contributed by atoms with Gasteiger partial charge in [-0.3, -0.25) is 9.20 Å². The van der Waals surface area contributed by atoms with Crippen molar-refractivity contribution in [3.8, 4) is 0 Å². The van der Waals surface area contributed by atoms with Crippen LogP contribution in [0, 0.1) is 0 Å². The minimum atomic E-state index is -1.23. The molecule has 1 fully saturated rings. The molecule has 0 radical (unpaired) electrons. The molecule has 11 heteroatoms. The van der Waals surface area contributed by atoms with Gasteiger partial charge in [0.15, 0.2) is 6.04 Å². The number of carboxylic acid groups (broad SMARTS) is 2. The highest BCUT2D eigenvalue weighted by Gasteiger charge is 2.32. The number of aromatic nitrogens is 3. The molecular weight excluding hydrogens is 472 g/mol. The Balaban J connectivity index is 1.73. The smallest absolute Gasteiger partial charge is 0.328 e. The summed E-state index contributed by atoms with van der Waals surface area (Å²) in [5.74, 6) is -1.84. The molecule has 0 spiro atoms. The molecule has 0 aromatic carbocycles. The number of anilines is 1. The van der Waals surface area contributed by atoms with Gasteiger partial charge in [-0.25, -0.2) is 19.6 Å². The Hall–Kier alpha value is -3.57. The molecule has 10 nitrogen and oxygen atoms in total. The topological polar surface area (TPSA) is 134 Å². The van der Waals surface area contributed by atoms with Crippen LogP contribution in [0.2, 0.25) is 0 Å². The molecule has 1 atom stereocenters. The molecule has 0 bridgehead atoms. The van der Waals surface area contributed by atoms with E-state index in [4.69, 9.17) is 9.84 Å². The van der Waals surface area contributed by atoms with Crippen LogP contribution in [-0.2, 0) is 27.2 Å². The van der Waals surface area contributed by atoms with Crippen molar-refractivity contribution < 1.29 is 24.5 Å². The summed E-state index contributed by atoms with van der Waals surface area (Å²) in [5, 5.41) is 21.9. The molecule has 35 heavy (non-hydrogen) atoms. The highest BCUT2D eigenvalue weighted by atomic mass is 32.1. The first kappa shape index (κ1) is 24.6. The number of hydrogen-bond donors (Lipinski definition) is 2. The van der Waals surface area contributed by atoms with Gasteiger partial charge in [-0.2, -0.15) is 0 Å². The number of nitrogens with zero attached hydrogens (tertiary/aromatic N) is 4. The van der Waals surface area contributed by atoms with E-state index in [0.29, 0.717) is 18.0 Å². The highest BCUT2D eigenvalue weighted by molar-refractivity contribution is 7.09. The maximum Gasteiger partial charge on any atom is 0.328 e. The molecule has 0 aliphatic carbocycles. The van der Waals surface area contributed by atoms with Crippen molar-refractivity contribution in [3.05, 3.63) is 62.0 Å². The van der Waals surface area contributed by atoms with Gasteiger partial charge in [0.25, 0.3) is 5.56 Å². The molecule has 1 aliphatic heterocycles. The quantitative estimate of drug-likeness (QED) is 0.449. The summed E-state index contributed by atoms with van der Waals surface area (Å²) >= 11 is 1.63. The fraction of sp³-hybridized carbons (Fsp3) is 0.375. The lowest BCUT2D eigenvalue weighted by molar-refractivity contribution is -0.141. The molecule has 1 unspecified atom stereocenters. The Kier molecular flexibility index (Phi) is 7.27. The summed E-state index contributed by atoms with van der Waals surface area (Å²) in [6.07, 6.45) is 5.06. The Morgan fingerprint density at radius 2 is 2.09 bits per heavy atom. The standard InChI is InChI=1S/C24H26N4O6S/c1-14(2)17-13-35-20(25-17)5-3-15-7-8-28-19(11-15)26-22(16(23(28)31)4-6-21(29)30)27-9-10-34-12-18(27)24(32)33/h4,6-8,11,13-14,18H,3,5,9-10,12H2,1-2H3,(H,29,30)(H,32,33). The predicted molar refractivity (Wildman–Crippen MR) is 131 cm³/mol. The van der Waals surface area contributed by atoms with Crippen LogP contribution in [0.1, 0.15) is 41.6 Å². The van der Waals surface area contributed by atoms with E-state index in [1.54, 1.807) is 23.6 Å². The summed E-state index contributed by atoms with van der Waals surface area (Å²) in [4.78, 5) is 47.0. The molecule has 1 aliphatic rings. The summed E-state index contributed by atoms with van der Waals surface area (Å²) < 4.78 is 6.65. The first-order chi connectivity index (χ1) is 16.7. The number of aliphatic carboxylic acids is 2. The monoisotopic (exact) mass is 498 g/mol. The molecular formula is C24H26N4O6S. The van der Waals surface area contributed by atoms with Gasteiger partial charge in [0.2, 0.25) is 0 Å². The zero-order valence-corrected chi connectivity index (χ0v) is 20.2. The van der Waals surface area contributed by atoms with Gasteiger partial charge >= 0.3 is 11.9 Å². The van der Waals surface area contributed by atoms with Crippen LogP contribution >= 0.6 is 11.3 Å². The maximum absolute atomic E-state index is 13.3. The third kappa shape index (κ3) is 5.41. The molecule has 0 saturated carbocycles. The van der Waals surface area contributed by atoms with E-state index < -0.39 is 23.5 Å². The number of morpholine rings is 1. The molecule has 0 amide bonds. The zero-order chi connectivity index (χ0) is 25.1. The molecule has 3 aromatic rings. The largest absolute Gasteiger partial charge is 0.480 e. The van der Waals surface area contributed by atoms with Crippen LogP contribution in [-0.4, -0.2) is 62.3 Å². The Labute approximate surface area is 205 Å². The average molecular weight is 499 g/mol. The summed E-state index contributed by atoms with van der Waals surface area (Å²) in [7, 11) is 0. The second kappa shape index (κ2) is 10.4. The molecule has 184 valence electrons. The van der Waals surface area contributed by atoms with E-state index in [1.165, 1.54) is 9.30 Å². The Morgan fingerprint density at radius 3 is 2.77 bits per heavy atom. The second-order valence-corrected chi connectivity index (χ2v) is 9.47. The minimum Gasteiger partial charge on any atom is -0.480 e. The van der Waals surface area contributed by atoms with Crippen LogP contribution in [0.15, 0.2) is 34.6 Å². The number of thiazole rings is 1. The first-order valence-corrected chi connectivity index (χ1v) is 12.1. The number of carbonyl (C=O) groups is 2. The summed E-state index contributed by atoms with van der Waals surface area (Å²) in [5.41, 5.74) is 1.91. The van der Waals surface area contributed by atoms with Gasteiger partial charge in [-0.05, 0) is 36.1 Å². The van der Waals surface area contributed by atoms with Gasteiger partial charge in [0.05, 0.1) is 29.5 Å². The predicted octanol–water partition coefficient (Wildman–Crippen LogP) is 2.45. The van der Waals surface area contributed by atoms with Crippen molar-refractivity contribution in [2.45, 2.75) is 38.6 Å². The number of fused-ring (bicyclic) bond motifs is 1. The van der Waals surface area contributed by atoms with Crippen LogP contribution < -0.4 is 10.5 Å². The van der Waals surface area contributed by atoms with E-state index in [9.17, 15) is 19.5 Å². The fourth-order valence-electron chi connectivity index (χ4n) is 3.88. The van der Waals surface area contributed by atoms with E-state index >= 15 is 0 Å². The fourth-order valence-corrected chi connectivity index (χ4v) is 4.83. The van der Waals surface area contributed by atoms with Gasteiger partial charge in [0.1, 0.15) is 11.5 Å². The number of pyridine rings is 1. The van der Waals surface area contributed by atoms with Crippen LogP contribution in [0.25, 0.3) is 11.7 Å². The average Bonchev–Trinajstić information content (AvgIpc) is 3.31. The van der Waals surface area contributed by atoms with E-state index in [-0.39, 0.29) is 31.1 Å². The normalized spacial score (nSPS) is 16.4. The summed E-state index contributed by atoms with van der Waals surface area (Å²) in [6.45, 7) is 4.61. The molecule has 1 saturated heterocycles. The Morgan fingerprint density at radius 1 is 1.29 bits per heavy atom. The number of ether oxygens (including phenoxy) is 1. The van der Waals surface area contributed by atoms with Gasteiger partial charge in [-0.1, -0.05) is 13.8 Å². The van der Waals surface area contributed by atoms with Crippen LogP contribution in [0.5, 0.6) is 0 Å². The number of rotatable bonds is 8. The van der Waals surface area contributed by atoms with Crippen molar-refractivity contribution in [2.75, 3.05) is 24.7 Å². The molecule has 4 rings (SSSR count). The lowest BCUT2D eigenvalue weighted by atomic mass is 10.1. The van der Waals surface area contributed by atoms with Crippen molar-refractivity contribution in [1.29, 1.82) is 0 Å². The highest BCUT2D eigenvalue weighted by Crippen LogP contribution is 2.24. The van der Waals surface area contributed by atoms with Crippen molar-refractivity contribution in [1.82, 2.24) is 14.4 Å². The molecule has 4 heterocycles. The Bertz CT molecular complexity index is 1350. The van der Waals surface area contributed by atoms with Crippen LogP contribution in [0.4, 0.5) is 5.82 Å². The van der Waals surface area contributed by atoms with Gasteiger partial charge in [0, 0.05) is 30.6 Å². The third-order valence-corrected chi connectivity index (χ3v) is 6.70. The minimum absolute atomic E-state index is 0.00907. The van der Waals surface area contributed by atoms with Crippen molar-refractivity contribution in [2.24, 2.45) is 0 Å². The number of carboxylic acids is 2. The number of hydrogen-bond acceptors (Lipinski definition) is 8. The molecule has 2 N–H and O–H groups in total. The molecule has 3 aromatic heterocycles. The first-order valence-electron chi connectivity index (χ1n) is 11.2. The lowest BCUT2D eigenvalue weighted by Crippen LogP contribution is -2.51. The van der Waals surface area contributed by atoms with E-state index in [0.717, 1.165) is 34.8 Å². The number of aryl methyl sites for hydroxylation is 2. The van der Waals surface area contributed by atoms with Crippen molar-refractivity contribution in [3.63, 3.8) is 0 Å². The second-order valence-electron chi connectivity index (χ2n) is 8.53.